The summed E-state index contributed by atoms with van der Waals surface area (Å²) in [6, 6.07) is 7.34. The fourth-order valence-corrected chi connectivity index (χ4v) is 5.16. The Kier molecular flexibility index (Phi) is 6.28. The Labute approximate surface area is 195 Å². The number of aryl methyl sites for hydroxylation is 1. The number of ketones is 1. The van der Waals surface area contributed by atoms with Crippen LogP contribution < -0.4 is 0 Å². The fraction of sp³-hybridized carbons (Fsp3) is 0.522. The van der Waals surface area contributed by atoms with E-state index in [9.17, 15) is 24.8 Å². The average molecular weight is 474 g/mol. The van der Waals surface area contributed by atoms with E-state index in [1.54, 1.807) is 19.9 Å². The molecule has 0 amide bonds. The van der Waals surface area contributed by atoms with Crippen LogP contribution in [-0.2, 0) is 28.6 Å². The molecule has 3 aliphatic rings. The van der Waals surface area contributed by atoms with Gasteiger partial charge in [-0.15, -0.1) is 10.1 Å². The minimum Gasteiger partial charge on any atom is -0.468 e. The van der Waals surface area contributed by atoms with Crippen LogP contribution >= 0.6 is 0 Å². The van der Waals surface area contributed by atoms with E-state index in [0.717, 1.165) is 11.1 Å². The lowest BCUT2D eigenvalue weighted by atomic mass is 9.70. The lowest BCUT2D eigenvalue weighted by Gasteiger charge is -2.36. The van der Waals surface area contributed by atoms with Crippen molar-refractivity contribution in [2.24, 2.45) is 10.9 Å². The van der Waals surface area contributed by atoms with Crippen LogP contribution in [0.4, 0.5) is 0 Å². The molecule has 2 fully saturated rings. The molecule has 0 aliphatic carbocycles. The number of Topliss-reactive ketones (excluding diaryl/α,β-unsaturated/α-hetero) is 1. The van der Waals surface area contributed by atoms with E-state index in [0.29, 0.717) is 11.4 Å². The number of hydrogen-bond acceptors (Lipinski definition) is 10. The molecule has 1 N–H and O–H groups in total. The highest BCUT2D eigenvalue weighted by Gasteiger charge is 2.62. The molecule has 1 aromatic carbocycles. The van der Waals surface area contributed by atoms with Crippen molar-refractivity contribution in [3.8, 4) is 0 Å². The lowest BCUT2D eigenvalue weighted by molar-refractivity contribution is -0.769. The number of fused-ring (bicyclic) bond motifs is 1. The van der Waals surface area contributed by atoms with Crippen LogP contribution in [0.2, 0.25) is 0 Å². The maximum absolute atomic E-state index is 14.0. The summed E-state index contributed by atoms with van der Waals surface area (Å²) in [7, 11) is 1.27. The van der Waals surface area contributed by atoms with Gasteiger partial charge in [-0.05, 0) is 31.9 Å². The first-order valence-electron chi connectivity index (χ1n) is 10.8. The molecule has 6 atom stereocenters. The Morgan fingerprint density at radius 3 is 2.59 bits per heavy atom. The van der Waals surface area contributed by atoms with Gasteiger partial charge in [0, 0.05) is 22.9 Å². The average Bonchev–Trinajstić information content (AvgIpc) is 3.34. The third-order valence-corrected chi connectivity index (χ3v) is 6.74. The molecule has 0 radical (unpaired) electrons. The SMILES string of the molecule is COC(=O)C1C(C)=NC(C)=C(C(=O)[C@]2(O)CO[C@@H]3[C@H](O[N+](=O)[O-])CO[C@@H]32)C1c1ccccc1C. The Balaban J connectivity index is 1.79. The summed E-state index contributed by atoms with van der Waals surface area (Å²) in [5, 5.41) is 21.3. The van der Waals surface area contributed by atoms with Crippen LogP contribution in [0.15, 0.2) is 40.5 Å². The number of nitrogens with zero attached hydrogens (tertiary/aromatic N) is 2. The van der Waals surface area contributed by atoms with Crippen LogP contribution in [-0.4, -0.2) is 71.9 Å². The zero-order valence-electron chi connectivity index (χ0n) is 19.2. The predicted octanol–water partition coefficient (Wildman–Crippen LogP) is 1.29. The number of rotatable bonds is 6. The van der Waals surface area contributed by atoms with Crippen molar-refractivity contribution in [3.05, 3.63) is 56.8 Å². The molecular weight excluding hydrogens is 448 g/mol. The van der Waals surface area contributed by atoms with Crippen LogP contribution in [0.3, 0.4) is 0 Å². The molecule has 2 saturated heterocycles. The van der Waals surface area contributed by atoms with Crippen LogP contribution in [0, 0.1) is 23.0 Å². The van der Waals surface area contributed by atoms with Crippen molar-refractivity contribution < 1.29 is 38.8 Å². The number of esters is 1. The van der Waals surface area contributed by atoms with Gasteiger partial charge in [-0.2, -0.15) is 0 Å². The molecule has 0 saturated carbocycles. The first-order valence-corrected chi connectivity index (χ1v) is 10.8. The maximum Gasteiger partial charge on any atom is 0.315 e. The third kappa shape index (κ3) is 3.79. The standard InChI is InChI=1S/C23H26N2O9/c1-11-7-5-6-8-14(11)18-16(12(2)24-13(3)17(18)22(27)31-4)20(26)23(28)10-33-19-15(34-25(29)30)9-32-21(19)23/h5-8,15,17-19,21,28H,9-10H2,1-4H3/t15-,17?,18?,19-,21+,23-/m1/s1. The van der Waals surface area contributed by atoms with E-state index in [1.165, 1.54) is 7.11 Å². The topological polar surface area (TPSA) is 147 Å². The highest BCUT2D eigenvalue weighted by molar-refractivity contribution is 6.11. The van der Waals surface area contributed by atoms with Crippen LogP contribution in [0.5, 0.6) is 0 Å². The maximum atomic E-state index is 14.0. The van der Waals surface area contributed by atoms with Crippen molar-refractivity contribution >= 4 is 17.5 Å². The fourth-order valence-electron chi connectivity index (χ4n) is 5.16. The van der Waals surface area contributed by atoms with Gasteiger partial charge in [-0.3, -0.25) is 14.6 Å². The number of ether oxygens (including phenoxy) is 3. The number of aliphatic imine (C=N–C) groups is 1. The molecule has 11 heteroatoms. The van der Waals surface area contributed by atoms with Gasteiger partial charge in [0.05, 0.1) is 20.3 Å². The summed E-state index contributed by atoms with van der Waals surface area (Å²) >= 11 is 0. The quantitative estimate of drug-likeness (QED) is 0.366. The highest BCUT2D eigenvalue weighted by Crippen LogP contribution is 2.45. The van der Waals surface area contributed by atoms with E-state index >= 15 is 0 Å². The Hall–Kier alpha value is -3.15. The van der Waals surface area contributed by atoms with Crippen molar-refractivity contribution in [1.29, 1.82) is 0 Å². The molecule has 3 aliphatic heterocycles. The molecule has 0 spiro atoms. The van der Waals surface area contributed by atoms with Gasteiger partial charge in [0.15, 0.2) is 17.5 Å². The van der Waals surface area contributed by atoms with Gasteiger partial charge in [-0.1, -0.05) is 24.3 Å². The summed E-state index contributed by atoms with van der Waals surface area (Å²) in [6.07, 6.45) is -3.24. The first kappa shape index (κ1) is 24.0. The molecular formula is C23H26N2O9. The van der Waals surface area contributed by atoms with Gasteiger partial charge in [0.1, 0.15) is 18.1 Å². The van der Waals surface area contributed by atoms with E-state index in [4.69, 9.17) is 14.2 Å². The van der Waals surface area contributed by atoms with Crippen molar-refractivity contribution in [2.75, 3.05) is 20.3 Å². The molecule has 3 heterocycles. The number of aliphatic hydroxyl groups is 1. The highest BCUT2D eigenvalue weighted by atomic mass is 17.0. The van der Waals surface area contributed by atoms with E-state index in [-0.39, 0.29) is 12.2 Å². The summed E-state index contributed by atoms with van der Waals surface area (Å²) in [5.74, 6) is -2.92. The Morgan fingerprint density at radius 2 is 1.94 bits per heavy atom. The molecule has 2 unspecified atom stereocenters. The molecule has 11 nitrogen and oxygen atoms in total. The molecule has 0 aromatic heterocycles. The van der Waals surface area contributed by atoms with Crippen molar-refractivity contribution in [3.63, 3.8) is 0 Å². The number of allylic oxidation sites excluding steroid dienone is 1. The summed E-state index contributed by atoms with van der Waals surface area (Å²) < 4.78 is 16.2. The van der Waals surface area contributed by atoms with Crippen LogP contribution in [0.25, 0.3) is 0 Å². The van der Waals surface area contributed by atoms with Crippen molar-refractivity contribution in [1.82, 2.24) is 0 Å². The Morgan fingerprint density at radius 1 is 1.24 bits per heavy atom. The predicted molar refractivity (Wildman–Crippen MR) is 117 cm³/mol. The first-order chi connectivity index (χ1) is 16.1. The van der Waals surface area contributed by atoms with E-state index in [2.05, 4.69) is 9.83 Å². The number of hydrogen-bond donors (Lipinski definition) is 1. The molecule has 34 heavy (non-hydrogen) atoms. The molecule has 182 valence electrons. The minimum atomic E-state index is -2.14. The zero-order chi connectivity index (χ0) is 24.8. The second kappa shape index (κ2) is 8.90. The molecule has 4 rings (SSSR count). The van der Waals surface area contributed by atoms with Gasteiger partial charge in [0.25, 0.3) is 5.09 Å². The summed E-state index contributed by atoms with van der Waals surface area (Å²) in [4.78, 5) is 46.7. The number of carbonyl (C=O) groups is 2. The second-order valence-electron chi connectivity index (χ2n) is 8.74. The van der Waals surface area contributed by atoms with Gasteiger partial charge in [-0.25, -0.2) is 0 Å². The Bertz CT molecular complexity index is 1100. The zero-order valence-corrected chi connectivity index (χ0v) is 19.2. The normalized spacial score (nSPS) is 32.7. The van der Waals surface area contributed by atoms with Crippen LogP contribution in [0.1, 0.15) is 30.9 Å². The monoisotopic (exact) mass is 474 g/mol. The van der Waals surface area contributed by atoms with Gasteiger partial charge in [0.2, 0.25) is 0 Å². The lowest BCUT2D eigenvalue weighted by Crippen LogP contribution is -2.53. The number of methoxy groups -OCH3 is 1. The summed E-state index contributed by atoms with van der Waals surface area (Å²) in [5.41, 5.74) is 0.402. The smallest absolute Gasteiger partial charge is 0.315 e. The molecule has 1 aromatic rings. The van der Waals surface area contributed by atoms with Crippen molar-refractivity contribution in [2.45, 2.75) is 50.6 Å². The van der Waals surface area contributed by atoms with E-state index < -0.39 is 59.2 Å². The largest absolute Gasteiger partial charge is 0.468 e. The second-order valence-corrected chi connectivity index (χ2v) is 8.74. The van der Waals surface area contributed by atoms with E-state index in [1.807, 2.05) is 25.1 Å². The number of benzene rings is 1. The number of carbonyl (C=O) groups excluding carboxylic acids is 2. The summed E-state index contributed by atoms with van der Waals surface area (Å²) in [6.45, 7) is 4.54. The van der Waals surface area contributed by atoms with Gasteiger partial charge < -0.3 is 24.2 Å². The van der Waals surface area contributed by atoms with Gasteiger partial charge >= 0.3 is 5.97 Å². The molecule has 0 bridgehead atoms. The minimum absolute atomic E-state index is 0.143. The third-order valence-electron chi connectivity index (χ3n) is 6.74.